The Bertz CT molecular complexity index is 1380. The third-order valence-electron chi connectivity index (χ3n) is 6.26. The normalized spacial score (nSPS) is 12.4. The molecule has 0 fully saturated rings. The van der Waals surface area contributed by atoms with Crippen LogP contribution in [0.1, 0.15) is 44.7 Å². The number of carbonyl (C=O) groups is 2. The second-order valence-electron chi connectivity index (χ2n) is 10.8. The van der Waals surface area contributed by atoms with Crippen LogP contribution in [0.3, 0.4) is 0 Å². The maximum absolute atomic E-state index is 14.7. The summed E-state index contributed by atoms with van der Waals surface area (Å²) >= 11 is 0. The summed E-state index contributed by atoms with van der Waals surface area (Å²) in [6.07, 6.45) is 1.55. The molecule has 7 nitrogen and oxygen atoms in total. The van der Waals surface area contributed by atoms with Crippen molar-refractivity contribution in [1.29, 1.82) is 0 Å². The molecule has 1 atom stereocenters. The van der Waals surface area contributed by atoms with Gasteiger partial charge in [-0.1, -0.05) is 66.7 Å². The zero-order chi connectivity index (χ0) is 29.3. The molecular formula is C31H38FN3O4S. The predicted molar refractivity (Wildman–Crippen MR) is 157 cm³/mol. The Labute approximate surface area is 237 Å². The van der Waals surface area contributed by atoms with Crippen molar-refractivity contribution in [2.24, 2.45) is 0 Å². The highest BCUT2D eigenvalue weighted by Gasteiger charge is 2.32. The van der Waals surface area contributed by atoms with E-state index < -0.39 is 27.4 Å². The molecular weight excluding hydrogens is 529 g/mol. The summed E-state index contributed by atoms with van der Waals surface area (Å²) in [5.74, 6) is -1.18. The van der Waals surface area contributed by atoms with E-state index >= 15 is 0 Å². The number of nitrogens with zero attached hydrogens (tertiary/aromatic N) is 2. The molecule has 1 N–H and O–H groups in total. The number of sulfonamides is 1. The summed E-state index contributed by atoms with van der Waals surface area (Å²) in [6.45, 7) is 5.55. The molecule has 0 saturated heterocycles. The predicted octanol–water partition coefficient (Wildman–Crippen LogP) is 4.93. The summed E-state index contributed by atoms with van der Waals surface area (Å²) in [6, 6.07) is 23.3. The van der Waals surface area contributed by atoms with E-state index in [2.05, 4.69) is 5.32 Å². The maximum Gasteiger partial charge on any atom is 0.243 e. The van der Waals surface area contributed by atoms with Crippen molar-refractivity contribution in [3.8, 4) is 0 Å². The van der Waals surface area contributed by atoms with E-state index in [4.69, 9.17) is 0 Å². The molecule has 9 heteroatoms. The van der Waals surface area contributed by atoms with Gasteiger partial charge in [-0.25, -0.2) is 12.8 Å². The molecule has 214 valence electrons. The highest BCUT2D eigenvalue weighted by molar-refractivity contribution is 7.92. The Balaban J connectivity index is 1.91. The minimum Gasteiger partial charge on any atom is -0.350 e. The van der Waals surface area contributed by atoms with Crippen LogP contribution in [0.5, 0.6) is 0 Å². The van der Waals surface area contributed by atoms with E-state index in [1.54, 1.807) is 48.5 Å². The van der Waals surface area contributed by atoms with Crippen LogP contribution >= 0.6 is 0 Å². The average molecular weight is 568 g/mol. The third kappa shape index (κ3) is 9.19. The molecule has 3 rings (SSSR count). The van der Waals surface area contributed by atoms with E-state index in [1.165, 1.54) is 15.3 Å². The van der Waals surface area contributed by atoms with E-state index in [0.717, 1.165) is 11.8 Å². The number of rotatable bonds is 12. The van der Waals surface area contributed by atoms with Crippen molar-refractivity contribution in [2.45, 2.75) is 58.2 Å². The fraction of sp³-hybridized carbons (Fsp3) is 0.355. The van der Waals surface area contributed by atoms with E-state index in [1.807, 2.05) is 51.1 Å². The molecule has 3 aromatic carbocycles. The number of para-hydroxylation sites is 1. The summed E-state index contributed by atoms with van der Waals surface area (Å²) in [5.41, 5.74) is 1.10. The van der Waals surface area contributed by atoms with Crippen molar-refractivity contribution < 1.29 is 22.4 Å². The SMILES string of the molecule is CC(C)(C)NC(=O)[C@@H](Cc1ccccc1)N(Cc1ccccc1F)C(=O)CCCN(c1ccccc1)S(C)(=O)=O. The minimum absolute atomic E-state index is 0.0264. The van der Waals surface area contributed by atoms with Gasteiger partial charge in [-0.15, -0.1) is 0 Å². The van der Waals surface area contributed by atoms with Crippen LogP contribution in [-0.2, 0) is 32.6 Å². The van der Waals surface area contributed by atoms with E-state index in [9.17, 15) is 22.4 Å². The van der Waals surface area contributed by atoms with Gasteiger partial charge in [0, 0.05) is 37.0 Å². The standard InChI is InChI=1S/C31H38FN3O4S/c1-31(2,3)33-30(37)28(22-24-14-7-5-8-15-24)34(23-25-16-11-12-19-27(25)32)29(36)20-13-21-35(40(4,38)39)26-17-9-6-10-18-26/h5-12,14-19,28H,13,20-23H2,1-4H3,(H,33,37)/t28-/m1/s1. The molecule has 0 aromatic heterocycles. The number of carbonyl (C=O) groups excluding carboxylic acids is 2. The van der Waals surface area contributed by atoms with Crippen LogP contribution in [0.4, 0.5) is 10.1 Å². The molecule has 40 heavy (non-hydrogen) atoms. The fourth-order valence-corrected chi connectivity index (χ4v) is 5.38. The Morgan fingerprint density at radius 3 is 2.05 bits per heavy atom. The largest absolute Gasteiger partial charge is 0.350 e. The molecule has 3 aromatic rings. The molecule has 0 heterocycles. The maximum atomic E-state index is 14.7. The molecule has 0 radical (unpaired) electrons. The minimum atomic E-state index is -3.59. The number of amides is 2. The molecule has 0 aliphatic heterocycles. The Kier molecular flexibility index (Phi) is 10.5. The van der Waals surface area contributed by atoms with E-state index in [0.29, 0.717) is 11.3 Å². The molecule has 0 unspecified atom stereocenters. The number of anilines is 1. The summed E-state index contributed by atoms with van der Waals surface area (Å²) in [5, 5.41) is 2.98. The Morgan fingerprint density at radius 1 is 0.900 bits per heavy atom. The van der Waals surface area contributed by atoms with Gasteiger partial charge < -0.3 is 10.2 Å². The Morgan fingerprint density at radius 2 is 1.48 bits per heavy atom. The van der Waals surface area contributed by atoms with Gasteiger partial charge in [-0.05, 0) is 51.0 Å². The first kappa shape index (κ1) is 30.8. The molecule has 0 saturated carbocycles. The number of hydrogen-bond acceptors (Lipinski definition) is 4. The van der Waals surface area contributed by atoms with Gasteiger partial charge in [0.1, 0.15) is 11.9 Å². The number of nitrogens with one attached hydrogen (secondary N) is 1. The third-order valence-corrected chi connectivity index (χ3v) is 7.46. The summed E-state index contributed by atoms with van der Waals surface area (Å²) in [7, 11) is -3.59. The quantitative estimate of drug-likeness (QED) is 0.336. The van der Waals surface area contributed by atoms with Gasteiger partial charge in [0.25, 0.3) is 0 Å². The van der Waals surface area contributed by atoms with Crippen molar-refractivity contribution >= 4 is 27.5 Å². The zero-order valence-corrected chi connectivity index (χ0v) is 24.3. The zero-order valence-electron chi connectivity index (χ0n) is 23.5. The smallest absolute Gasteiger partial charge is 0.243 e. The first-order chi connectivity index (χ1) is 18.8. The van der Waals surface area contributed by atoms with E-state index in [-0.39, 0.29) is 44.2 Å². The highest BCUT2D eigenvalue weighted by atomic mass is 32.2. The molecule has 2 amide bonds. The van der Waals surface area contributed by atoms with Crippen LogP contribution in [0.15, 0.2) is 84.9 Å². The summed E-state index contributed by atoms with van der Waals surface area (Å²) in [4.78, 5) is 28.8. The van der Waals surface area contributed by atoms with Crippen LogP contribution < -0.4 is 9.62 Å². The molecule has 0 bridgehead atoms. The fourth-order valence-electron chi connectivity index (χ4n) is 4.42. The average Bonchev–Trinajstić information content (AvgIpc) is 2.89. The number of halogens is 1. The lowest BCUT2D eigenvalue weighted by Crippen LogP contribution is -2.54. The topological polar surface area (TPSA) is 86.8 Å². The van der Waals surface area contributed by atoms with Crippen molar-refractivity contribution in [1.82, 2.24) is 10.2 Å². The monoisotopic (exact) mass is 567 g/mol. The number of benzene rings is 3. The van der Waals surface area contributed by atoms with Crippen LogP contribution in [0.2, 0.25) is 0 Å². The van der Waals surface area contributed by atoms with Crippen molar-refractivity contribution in [2.75, 3.05) is 17.1 Å². The molecule has 0 spiro atoms. The highest BCUT2D eigenvalue weighted by Crippen LogP contribution is 2.21. The van der Waals surface area contributed by atoms with Gasteiger partial charge in [-0.3, -0.25) is 13.9 Å². The lowest BCUT2D eigenvalue weighted by atomic mass is 10.00. The second-order valence-corrected chi connectivity index (χ2v) is 12.7. The van der Waals surface area contributed by atoms with Gasteiger partial charge >= 0.3 is 0 Å². The van der Waals surface area contributed by atoms with Gasteiger partial charge in [0.2, 0.25) is 21.8 Å². The molecule has 0 aliphatic rings. The van der Waals surface area contributed by atoms with Gasteiger partial charge in [0.15, 0.2) is 0 Å². The van der Waals surface area contributed by atoms with Crippen LogP contribution in [0, 0.1) is 5.82 Å². The summed E-state index contributed by atoms with van der Waals surface area (Å²) < 4.78 is 41.0. The van der Waals surface area contributed by atoms with Gasteiger partial charge in [-0.2, -0.15) is 0 Å². The molecule has 0 aliphatic carbocycles. The first-order valence-electron chi connectivity index (χ1n) is 13.3. The second kappa shape index (κ2) is 13.6. The lowest BCUT2D eigenvalue weighted by molar-refractivity contribution is -0.142. The van der Waals surface area contributed by atoms with Crippen LogP contribution in [0.25, 0.3) is 0 Å². The Hall–Kier alpha value is -3.72. The van der Waals surface area contributed by atoms with Crippen LogP contribution in [-0.4, -0.2) is 49.5 Å². The van der Waals surface area contributed by atoms with Gasteiger partial charge in [0.05, 0.1) is 11.9 Å². The lowest BCUT2D eigenvalue weighted by Gasteiger charge is -2.34. The van der Waals surface area contributed by atoms with Crippen molar-refractivity contribution in [3.63, 3.8) is 0 Å². The number of hydrogen-bond donors (Lipinski definition) is 1. The van der Waals surface area contributed by atoms with Crippen molar-refractivity contribution in [3.05, 3.63) is 102 Å². The first-order valence-corrected chi connectivity index (χ1v) is 15.1.